The lowest BCUT2D eigenvalue weighted by Crippen LogP contribution is -2.26. The lowest BCUT2D eigenvalue weighted by atomic mass is 10.2. The number of rotatable bonds is 2. The fourth-order valence-electron chi connectivity index (χ4n) is 2.39. The Kier molecular flexibility index (Phi) is 4.72. The third kappa shape index (κ3) is 2.65. The van der Waals surface area contributed by atoms with E-state index < -0.39 is 0 Å². The highest BCUT2D eigenvalue weighted by Crippen LogP contribution is 2.12. The van der Waals surface area contributed by atoms with Crippen molar-refractivity contribution in [2.24, 2.45) is 0 Å². The fourth-order valence-corrected chi connectivity index (χ4v) is 2.39. The van der Waals surface area contributed by atoms with E-state index in [-0.39, 0.29) is 0 Å². The van der Waals surface area contributed by atoms with E-state index >= 15 is 0 Å². The number of benzene rings is 1. The molecule has 0 bridgehead atoms. The number of nitrogens with zero attached hydrogens (tertiary/aromatic N) is 2. The van der Waals surface area contributed by atoms with Gasteiger partial charge in [-0.2, -0.15) is 0 Å². The largest absolute Gasteiger partial charge is 0.310 e. The molecule has 2 heterocycles. The number of pyridine rings is 1. The summed E-state index contributed by atoms with van der Waals surface area (Å²) in [6.07, 6.45) is 7.44. The first kappa shape index (κ1) is 14.8. The second kappa shape index (κ2) is 6.71. The number of para-hydroxylation sites is 1. The zero-order valence-corrected chi connectivity index (χ0v) is 12.6. The zero-order valence-electron chi connectivity index (χ0n) is 12.6. The van der Waals surface area contributed by atoms with Crippen molar-refractivity contribution >= 4 is 23.6 Å². The Balaban J connectivity index is 0.000000774. The first-order chi connectivity index (χ1) is 10.3. The molecule has 0 aliphatic carbocycles. The highest BCUT2D eigenvalue weighted by molar-refractivity contribution is 5.83. The minimum atomic E-state index is 0.953. The highest BCUT2D eigenvalue weighted by atomic mass is 15.0. The predicted octanol–water partition coefficient (Wildman–Crippen LogP) is 3.43. The SMILES string of the molecule is C=C/C=c1\c(=C)n(-c2ccccc2)c2ccncc12.CC. The zero-order chi connectivity index (χ0) is 15.2. The van der Waals surface area contributed by atoms with Crippen molar-refractivity contribution in [1.29, 1.82) is 0 Å². The molecule has 0 aliphatic rings. The van der Waals surface area contributed by atoms with Crippen LogP contribution in [0.15, 0.2) is 61.4 Å². The minimum Gasteiger partial charge on any atom is -0.310 e. The Morgan fingerprint density at radius 3 is 2.48 bits per heavy atom. The molecule has 0 saturated heterocycles. The normalized spacial score (nSPS) is 11.0. The average Bonchev–Trinajstić information content (AvgIpc) is 2.83. The van der Waals surface area contributed by atoms with Gasteiger partial charge in [0.25, 0.3) is 0 Å². The van der Waals surface area contributed by atoms with Crippen LogP contribution in [0.3, 0.4) is 0 Å². The Morgan fingerprint density at radius 2 is 1.81 bits per heavy atom. The minimum absolute atomic E-state index is 0.953. The number of fused-ring (bicyclic) bond motifs is 1. The van der Waals surface area contributed by atoms with Crippen molar-refractivity contribution in [2.45, 2.75) is 13.8 Å². The molecule has 0 unspecified atom stereocenters. The number of hydrogen-bond acceptors (Lipinski definition) is 1. The second-order valence-electron chi connectivity index (χ2n) is 4.33. The number of allylic oxidation sites excluding steroid dienone is 1. The van der Waals surface area contributed by atoms with Crippen LogP contribution in [0.4, 0.5) is 0 Å². The van der Waals surface area contributed by atoms with Gasteiger partial charge in [0.2, 0.25) is 0 Å². The van der Waals surface area contributed by atoms with Gasteiger partial charge in [0.1, 0.15) is 0 Å². The summed E-state index contributed by atoms with van der Waals surface area (Å²) in [6, 6.07) is 12.2. The van der Waals surface area contributed by atoms with E-state index in [1.165, 1.54) is 0 Å². The summed E-state index contributed by atoms with van der Waals surface area (Å²) in [7, 11) is 0. The van der Waals surface area contributed by atoms with Gasteiger partial charge < -0.3 is 4.57 Å². The van der Waals surface area contributed by atoms with Gasteiger partial charge in [-0.25, -0.2) is 0 Å². The van der Waals surface area contributed by atoms with Crippen LogP contribution in [0.1, 0.15) is 13.8 Å². The van der Waals surface area contributed by atoms with E-state index in [9.17, 15) is 0 Å². The summed E-state index contributed by atoms with van der Waals surface area (Å²) in [5, 5.41) is 3.12. The quantitative estimate of drug-likeness (QED) is 0.701. The third-order valence-electron chi connectivity index (χ3n) is 3.21. The molecule has 0 aliphatic heterocycles. The molecule has 0 amide bonds. The third-order valence-corrected chi connectivity index (χ3v) is 3.21. The first-order valence-corrected chi connectivity index (χ1v) is 7.14. The monoisotopic (exact) mass is 276 g/mol. The average molecular weight is 276 g/mol. The lowest BCUT2D eigenvalue weighted by Gasteiger charge is -2.05. The fraction of sp³-hybridized carbons (Fsp3) is 0.105. The molecule has 21 heavy (non-hydrogen) atoms. The van der Waals surface area contributed by atoms with Gasteiger partial charge in [-0.15, -0.1) is 0 Å². The van der Waals surface area contributed by atoms with Crippen LogP contribution < -0.4 is 10.6 Å². The van der Waals surface area contributed by atoms with E-state index in [1.54, 1.807) is 12.3 Å². The van der Waals surface area contributed by atoms with Gasteiger partial charge in [-0.3, -0.25) is 4.98 Å². The number of hydrogen-bond donors (Lipinski definition) is 0. The Labute approximate surface area is 125 Å². The number of aromatic nitrogens is 2. The van der Waals surface area contributed by atoms with Gasteiger partial charge in [0.05, 0.1) is 5.52 Å². The van der Waals surface area contributed by atoms with E-state index in [0.29, 0.717) is 0 Å². The van der Waals surface area contributed by atoms with Gasteiger partial charge in [0, 0.05) is 34.0 Å². The summed E-state index contributed by atoms with van der Waals surface area (Å²) in [4.78, 5) is 4.21. The molecule has 2 nitrogen and oxygen atoms in total. The van der Waals surface area contributed by atoms with E-state index in [1.807, 2.05) is 50.4 Å². The summed E-state index contributed by atoms with van der Waals surface area (Å²) in [5.41, 5.74) is 2.21. The Bertz CT molecular complexity index is 842. The van der Waals surface area contributed by atoms with Gasteiger partial charge >= 0.3 is 0 Å². The van der Waals surface area contributed by atoms with Crippen LogP contribution in [-0.4, -0.2) is 9.55 Å². The van der Waals surface area contributed by atoms with Gasteiger partial charge in [-0.1, -0.05) is 57.4 Å². The van der Waals surface area contributed by atoms with E-state index in [2.05, 4.69) is 34.8 Å². The molecule has 0 fully saturated rings. The summed E-state index contributed by atoms with van der Waals surface area (Å²) in [5.74, 6) is 0. The van der Waals surface area contributed by atoms with E-state index in [0.717, 1.165) is 27.2 Å². The lowest BCUT2D eigenvalue weighted by molar-refractivity contribution is 1.07. The van der Waals surface area contributed by atoms with Crippen molar-refractivity contribution < 1.29 is 0 Å². The Morgan fingerprint density at radius 1 is 1.10 bits per heavy atom. The predicted molar refractivity (Wildman–Crippen MR) is 91.9 cm³/mol. The molecule has 106 valence electrons. The maximum atomic E-state index is 4.21. The molecule has 1 aromatic carbocycles. The molecule has 0 N–H and O–H groups in total. The molecule has 0 radical (unpaired) electrons. The molecule has 0 spiro atoms. The van der Waals surface area contributed by atoms with Crippen molar-refractivity contribution in [1.82, 2.24) is 9.55 Å². The van der Waals surface area contributed by atoms with Gasteiger partial charge in [-0.05, 0) is 18.2 Å². The van der Waals surface area contributed by atoms with Crippen molar-refractivity contribution in [3.8, 4) is 5.69 Å². The molecular formula is C19H20N2. The first-order valence-electron chi connectivity index (χ1n) is 7.14. The Hall–Kier alpha value is -2.61. The van der Waals surface area contributed by atoms with E-state index in [4.69, 9.17) is 0 Å². The van der Waals surface area contributed by atoms with Crippen LogP contribution in [-0.2, 0) is 0 Å². The molecule has 0 atom stereocenters. The van der Waals surface area contributed by atoms with Crippen molar-refractivity contribution in [2.75, 3.05) is 0 Å². The summed E-state index contributed by atoms with van der Waals surface area (Å²) in [6.45, 7) is 12.0. The van der Waals surface area contributed by atoms with Crippen LogP contribution in [0.25, 0.3) is 29.2 Å². The van der Waals surface area contributed by atoms with Crippen LogP contribution in [0.2, 0.25) is 0 Å². The topological polar surface area (TPSA) is 17.8 Å². The second-order valence-corrected chi connectivity index (χ2v) is 4.33. The van der Waals surface area contributed by atoms with Crippen molar-refractivity contribution in [3.05, 3.63) is 72.0 Å². The summed E-state index contributed by atoms with van der Waals surface area (Å²) >= 11 is 0. The molecule has 2 heteroatoms. The van der Waals surface area contributed by atoms with Crippen molar-refractivity contribution in [3.63, 3.8) is 0 Å². The molecule has 3 aromatic rings. The maximum Gasteiger partial charge on any atom is 0.0571 e. The molecular weight excluding hydrogens is 256 g/mol. The highest BCUT2D eigenvalue weighted by Gasteiger charge is 2.07. The standard InChI is InChI=1S/C17H14N2.C2H6/c1-3-7-15-13(2)19(14-8-5-4-6-9-14)17-10-11-18-12-16(15)17;1-2/h3-12H,1-2H2;1-2H3/b15-7+;. The smallest absolute Gasteiger partial charge is 0.0571 e. The molecule has 3 rings (SSSR count). The van der Waals surface area contributed by atoms with Gasteiger partial charge in [0.15, 0.2) is 0 Å². The molecule has 2 aromatic heterocycles. The van der Waals surface area contributed by atoms with Crippen LogP contribution >= 0.6 is 0 Å². The summed E-state index contributed by atoms with van der Waals surface area (Å²) < 4.78 is 2.15. The maximum absolute atomic E-state index is 4.21. The van der Waals surface area contributed by atoms with Crippen LogP contribution in [0.5, 0.6) is 0 Å². The van der Waals surface area contributed by atoms with Crippen LogP contribution in [0, 0.1) is 0 Å². The molecule has 0 saturated carbocycles.